The molecule has 3 heterocycles. The van der Waals surface area contributed by atoms with Crippen LogP contribution in [0.15, 0.2) is 24.3 Å². The Labute approximate surface area is 213 Å². The lowest BCUT2D eigenvalue weighted by molar-refractivity contribution is -0.137. The maximum absolute atomic E-state index is 13.8. The summed E-state index contributed by atoms with van der Waals surface area (Å²) in [5, 5.41) is 0. The van der Waals surface area contributed by atoms with Crippen molar-refractivity contribution in [2.24, 2.45) is 0 Å². The van der Waals surface area contributed by atoms with Crippen molar-refractivity contribution in [3.8, 4) is 0 Å². The van der Waals surface area contributed by atoms with E-state index in [-0.39, 0.29) is 25.6 Å². The first-order chi connectivity index (χ1) is 17.1. The van der Waals surface area contributed by atoms with Crippen LogP contribution in [-0.2, 0) is 15.7 Å². The lowest BCUT2D eigenvalue weighted by Gasteiger charge is -2.39. The van der Waals surface area contributed by atoms with Gasteiger partial charge in [-0.25, -0.2) is 13.6 Å². The number of amides is 2. The Bertz CT molecular complexity index is 1000. The zero-order chi connectivity index (χ0) is 27.2. The summed E-state index contributed by atoms with van der Waals surface area (Å²) in [6.45, 7) is 6.60. The lowest BCUT2D eigenvalue weighted by atomic mass is 10.1. The Balaban J connectivity index is 1.44. The van der Waals surface area contributed by atoms with Crippen LogP contribution in [0.4, 0.5) is 32.4 Å². The summed E-state index contributed by atoms with van der Waals surface area (Å²) in [4.78, 5) is 32.6. The molecule has 0 N–H and O–H groups in total. The summed E-state index contributed by atoms with van der Waals surface area (Å²) in [7, 11) is 0. The highest BCUT2D eigenvalue weighted by Crippen LogP contribution is 2.34. The van der Waals surface area contributed by atoms with E-state index in [0.29, 0.717) is 31.9 Å². The van der Waals surface area contributed by atoms with Crippen LogP contribution in [0, 0.1) is 0 Å². The summed E-state index contributed by atoms with van der Waals surface area (Å²) < 4.78 is 72.4. The van der Waals surface area contributed by atoms with Crippen LogP contribution < -0.4 is 4.90 Å². The molecular weight excluding hydrogens is 499 g/mol. The van der Waals surface area contributed by atoms with E-state index in [4.69, 9.17) is 4.74 Å². The van der Waals surface area contributed by atoms with Crippen molar-refractivity contribution in [1.29, 1.82) is 0 Å². The van der Waals surface area contributed by atoms with E-state index >= 15 is 0 Å². The second-order valence-electron chi connectivity index (χ2n) is 11.0. The number of benzene rings is 1. The van der Waals surface area contributed by atoms with E-state index in [1.54, 1.807) is 26.8 Å². The third kappa shape index (κ3) is 6.45. The minimum absolute atomic E-state index is 0.0647. The molecule has 0 spiro atoms. The van der Waals surface area contributed by atoms with Crippen molar-refractivity contribution in [2.45, 2.75) is 63.4 Å². The van der Waals surface area contributed by atoms with Gasteiger partial charge in [-0.3, -0.25) is 14.6 Å². The Morgan fingerprint density at radius 2 is 1.70 bits per heavy atom. The van der Waals surface area contributed by atoms with E-state index < -0.39 is 54.3 Å². The SMILES string of the molecule is CC(C)(C)OC(=O)N1C[C@@H](N2CCN(c3cccc(C(F)(F)F)c3)CC2)C[C@H]1C(=O)N1CCC(F)(F)C1. The second-order valence-corrected chi connectivity index (χ2v) is 11.0. The average molecular weight is 533 g/mol. The molecule has 2 amide bonds. The fourth-order valence-corrected chi connectivity index (χ4v) is 5.19. The lowest BCUT2D eigenvalue weighted by Crippen LogP contribution is -2.51. The van der Waals surface area contributed by atoms with E-state index in [0.717, 1.165) is 17.0 Å². The van der Waals surface area contributed by atoms with Crippen molar-refractivity contribution in [3.05, 3.63) is 29.8 Å². The van der Waals surface area contributed by atoms with Crippen LogP contribution in [0.3, 0.4) is 0 Å². The maximum atomic E-state index is 13.8. The third-order valence-corrected chi connectivity index (χ3v) is 7.04. The number of piperazine rings is 1. The number of ether oxygens (including phenoxy) is 1. The van der Waals surface area contributed by atoms with Gasteiger partial charge in [-0.05, 0) is 45.4 Å². The normalized spacial score (nSPS) is 25.0. The maximum Gasteiger partial charge on any atom is 0.416 e. The van der Waals surface area contributed by atoms with Gasteiger partial charge in [-0.2, -0.15) is 13.2 Å². The molecule has 0 unspecified atom stereocenters. The Hall–Kier alpha value is -2.63. The smallest absolute Gasteiger partial charge is 0.416 e. The van der Waals surface area contributed by atoms with Gasteiger partial charge in [-0.15, -0.1) is 0 Å². The monoisotopic (exact) mass is 532 g/mol. The zero-order valence-corrected chi connectivity index (χ0v) is 21.2. The number of likely N-dealkylation sites (tertiary alicyclic amines) is 2. The van der Waals surface area contributed by atoms with Gasteiger partial charge in [0.1, 0.15) is 11.6 Å². The molecule has 0 bridgehead atoms. The highest BCUT2D eigenvalue weighted by molar-refractivity contribution is 5.87. The summed E-state index contributed by atoms with van der Waals surface area (Å²) in [5.41, 5.74) is -1.01. The number of alkyl halides is 5. The number of nitrogens with zero attached hydrogens (tertiary/aromatic N) is 4. The van der Waals surface area contributed by atoms with Crippen molar-refractivity contribution in [1.82, 2.24) is 14.7 Å². The molecule has 37 heavy (non-hydrogen) atoms. The molecule has 3 saturated heterocycles. The first kappa shape index (κ1) is 27.4. The Kier molecular flexibility index (Phi) is 7.35. The van der Waals surface area contributed by atoms with Gasteiger partial charge in [0.15, 0.2) is 0 Å². The minimum Gasteiger partial charge on any atom is -0.444 e. The standard InChI is InChI=1S/C25H33F5N4O3/c1-23(2,3)37-22(36)34-15-19(14-20(34)21(35)33-8-7-24(26,27)16-33)32-11-9-31(10-12-32)18-6-4-5-17(13-18)25(28,29)30/h4-6,13,19-20H,7-12,14-16H2,1-3H3/t19-,20-/m0/s1. The fraction of sp³-hybridized carbons (Fsp3) is 0.680. The van der Waals surface area contributed by atoms with Crippen LogP contribution >= 0.6 is 0 Å². The highest BCUT2D eigenvalue weighted by atomic mass is 19.4. The quantitative estimate of drug-likeness (QED) is 0.550. The van der Waals surface area contributed by atoms with Gasteiger partial charge < -0.3 is 14.5 Å². The molecule has 0 saturated carbocycles. The summed E-state index contributed by atoms with van der Waals surface area (Å²) >= 11 is 0. The summed E-state index contributed by atoms with van der Waals surface area (Å²) in [6.07, 6.45) is -5.21. The zero-order valence-electron chi connectivity index (χ0n) is 21.2. The van der Waals surface area contributed by atoms with Crippen molar-refractivity contribution in [3.63, 3.8) is 0 Å². The Morgan fingerprint density at radius 1 is 1.03 bits per heavy atom. The second kappa shape index (κ2) is 9.92. The number of rotatable bonds is 3. The van der Waals surface area contributed by atoms with Crippen molar-refractivity contribution in [2.75, 3.05) is 50.7 Å². The minimum atomic E-state index is -4.42. The number of carbonyl (C=O) groups excluding carboxylic acids is 2. The van der Waals surface area contributed by atoms with Crippen molar-refractivity contribution < 1.29 is 36.3 Å². The van der Waals surface area contributed by atoms with Gasteiger partial charge in [0, 0.05) is 57.4 Å². The fourth-order valence-electron chi connectivity index (χ4n) is 5.19. The van der Waals surface area contributed by atoms with Crippen LogP contribution in [0.1, 0.15) is 39.2 Å². The molecule has 3 aliphatic heterocycles. The van der Waals surface area contributed by atoms with E-state index in [9.17, 15) is 31.5 Å². The summed E-state index contributed by atoms with van der Waals surface area (Å²) in [5.74, 6) is -3.45. The van der Waals surface area contributed by atoms with E-state index in [1.165, 1.54) is 11.0 Å². The molecule has 206 valence electrons. The number of hydrogen-bond donors (Lipinski definition) is 0. The van der Waals surface area contributed by atoms with E-state index in [1.807, 2.05) is 4.90 Å². The van der Waals surface area contributed by atoms with Crippen LogP contribution in [0.25, 0.3) is 0 Å². The number of anilines is 1. The molecule has 1 aromatic carbocycles. The van der Waals surface area contributed by atoms with Crippen LogP contribution in [-0.4, -0.2) is 96.1 Å². The average Bonchev–Trinajstić information content (AvgIpc) is 3.41. The molecule has 3 aliphatic rings. The molecule has 4 rings (SSSR count). The molecule has 0 aliphatic carbocycles. The van der Waals surface area contributed by atoms with Crippen LogP contribution in [0.2, 0.25) is 0 Å². The van der Waals surface area contributed by atoms with Crippen LogP contribution in [0.5, 0.6) is 0 Å². The molecule has 3 fully saturated rings. The van der Waals surface area contributed by atoms with Gasteiger partial charge in [0.25, 0.3) is 5.92 Å². The number of carbonyl (C=O) groups is 2. The predicted octanol–water partition coefficient (Wildman–Crippen LogP) is 4.07. The van der Waals surface area contributed by atoms with Gasteiger partial charge >= 0.3 is 12.3 Å². The van der Waals surface area contributed by atoms with Crippen molar-refractivity contribution >= 4 is 17.7 Å². The largest absolute Gasteiger partial charge is 0.444 e. The van der Waals surface area contributed by atoms with Gasteiger partial charge in [0.05, 0.1) is 12.1 Å². The third-order valence-electron chi connectivity index (χ3n) is 7.04. The Morgan fingerprint density at radius 3 is 2.27 bits per heavy atom. The first-order valence-electron chi connectivity index (χ1n) is 12.5. The molecule has 1 aromatic rings. The number of halogens is 5. The molecule has 0 aromatic heterocycles. The molecule has 0 radical (unpaired) electrons. The number of hydrogen-bond acceptors (Lipinski definition) is 5. The van der Waals surface area contributed by atoms with Gasteiger partial charge in [0.2, 0.25) is 5.91 Å². The molecule has 2 atom stereocenters. The van der Waals surface area contributed by atoms with Gasteiger partial charge in [-0.1, -0.05) is 6.07 Å². The molecule has 12 heteroatoms. The predicted molar refractivity (Wildman–Crippen MR) is 127 cm³/mol. The summed E-state index contributed by atoms with van der Waals surface area (Å²) in [6, 6.07) is 4.10. The topological polar surface area (TPSA) is 56.3 Å². The molecular formula is C25H33F5N4O3. The van der Waals surface area contributed by atoms with E-state index in [2.05, 4.69) is 4.90 Å². The highest BCUT2D eigenvalue weighted by Gasteiger charge is 2.48. The first-order valence-corrected chi connectivity index (χ1v) is 12.5. The molecule has 7 nitrogen and oxygen atoms in total.